The van der Waals surface area contributed by atoms with E-state index in [9.17, 15) is 5.11 Å². The Bertz CT molecular complexity index is 1080. The molecule has 3 rings (SSSR count). The van der Waals surface area contributed by atoms with Gasteiger partial charge in [-0.05, 0) is 60.6 Å². The number of aryl methyl sites for hydroxylation is 1. The van der Waals surface area contributed by atoms with E-state index < -0.39 is 0 Å². The molecule has 0 bridgehead atoms. The Morgan fingerprint density at radius 1 is 0.871 bits per heavy atom. The molecule has 0 aliphatic carbocycles. The fourth-order valence-electron chi connectivity index (χ4n) is 4.00. The van der Waals surface area contributed by atoms with Crippen LogP contribution in [0.2, 0.25) is 0 Å². The molecule has 0 radical (unpaired) electrons. The van der Waals surface area contributed by atoms with Crippen LogP contribution < -0.4 is 4.74 Å². The van der Waals surface area contributed by atoms with Crippen LogP contribution in [0.25, 0.3) is 11.1 Å². The van der Waals surface area contributed by atoms with Gasteiger partial charge in [0, 0.05) is 22.4 Å². The van der Waals surface area contributed by atoms with E-state index in [0.717, 1.165) is 39.4 Å². The first kappa shape index (κ1) is 22.6. The first-order valence-electron chi connectivity index (χ1n) is 10.9. The van der Waals surface area contributed by atoms with Gasteiger partial charge in [-0.25, -0.2) is 0 Å². The van der Waals surface area contributed by atoms with Crippen molar-refractivity contribution in [3.05, 3.63) is 76.9 Å². The summed E-state index contributed by atoms with van der Waals surface area (Å²) in [6.07, 6.45) is 0. The van der Waals surface area contributed by atoms with Gasteiger partial charge in [0.1, 0.15) is 11.5 Å². The Hall–Kier alpha value is -3.07. The molecular formula is C28H33NO2. The van der Waals surface area contributed by atoms with Crippen molar-refractivity contribution in [3.63, 3.8) is 0 Å². The van der Waals surface area contributed by atoms with Crippen LogP contribution in [-0.2, 0) is 0 Å². The highest BCUT2D eigenvalue weighted by Gasteiger charge is 2.18. The second-order valence-electron chi connectivity index (χ2n) is 8.70. The van der Waals surface area contributed by atoms with Gasteiger partial charge in [0.25, 0.3) is 0 Å². The van der Waals surface area contributed by atoms with Crippen molar-refractivity contribution < 1.29 is 9.84 Å². The zero-order valence-electron chi connectivity index (χ0n) is 19.7. The van der Waals surface area contributed by atoms with Gasteiger partial charge in [0.05, 0.1) is 12.8 Å². The molecule has 0 saturated carbocycles. The summed E-state index contributed by atoms with van der Waals surface area (Å²) in [6, 6.07) is 18.2. The summed E-state index contributed by atoms with van der Waals surface area (Å²) in [4.78, 5) is 5.08. The molecule has 0 heterocycles. The second-order valence-corrected chi connectivity index (χ2v) is 8.70. The lowest BCUT2D eigenvalue weighted by Gasteiger charge is -2.18. The van der Waals surface area contributed by atoms with Gasteiger partial charge in [0.15, 0.2) is 0 Å². The minimum atomic E-state index is 0.226. The highest BCUT2D eigenvalue weighted by molar-refractivity contribution is 6.05. The maximum absolute atomic E-state index is 11.3. The molecule has 31 heavy (non-hydrogen) atoms. The average Bonchev–Trinajstić information content (AvgIpc) is 2.74. The molecule has 0 atom stereocenters. The molecule has 0 amide bonds. The smallest absolute Gasteiger partial charge is 0.132 e. The van der Waals surface area contributed by atoms with Crippen LogP contribution in [0.3, 0.4) is 0 Å². The van der Waals surface area contributed by atoms with Crippen molar-refractivity contribution in [2.45, 2.75) is 53.4 Å². The molecule has 0 aliphatic rings. The monoisotopic (exact) mass is 415 g/mol. The third-order valence-corrected chi connectivity index (χ3v) is 5.66. The molecule has 3 aromatic rings. The molecule has 162 valence electrons. The van der Waals surface area contributed by atoms with Crippen molar-refractivity contribution in [1.29, 1.82) is 0 Å². The average molecular weight is 416 g/mol. The van der Waals surface area contributed by atoms with Crippen LogP contribution in [0.4, 0.5) is 5.69 Å². The number of nitrogens with zero attached hydrogens (tertiary/aromatic N) is 1. The van der Waals surface area contributed by atoms with Crippen LogP contribution in [0.1, 0.15) is 68.7 Å². The predicted octanol–water partition coefficient (Wildman–Crippen LogP) is 7.76. The molecule has 3 aromatic carbocycles. The van der Waals surface area contributed by atoms with Crippen LogP contribution in [-0.4, -0.2) is 17.9 Å². The fraction of sp³-hybridized carbons (Fsp3) is 0.321. The van der Waals surface area contributed by atoms with Crippen LogP contribution in [0, 0.1) is 6.92 Å². The Labute approximate surface area is 186 Å². The minimum Gasteiger partial charge on any atom is -0.507 e. The van der Waals surface area contributed by atoms with Gasteiger partial charge in [-0.15, -0.1) is 0 Å². The Morgan fingerprint density at radius 2 is 1.48 bits per heavy atom. The Balaban J connectivity index is 2.22. The Kier molecular flexibility index (Phi) is 6.84. The molecule has 0 spiro atoms. The summed E-state index contributed by atoms with van der Waals surface area (Å²) in [5.74, 6) is 1.68. The highest BCUT2D eigenvalue weighted by Crippen LogP contribution is 2.40. The minimum absolute atomic E-state index is 0.226. The number of para-hydroxylation sites is 2. The number of phenolic OH excluding ortho intramolecular Hbond substituents is 1. The van der Waals surface area contributed by atoms with Gasteiger partial charge >= 0.3 is 0 Å². The van der Waals surface area contributed by atoms with Crippen LogP contribution in [0.15, 0.2) is 59.6 Å². The number of phenols is 1. The van der Waals surface area contributed by atoms with E-state index in [4.69, 9.17) is 9.73 Å². The van der Waals surface area contributed by atoms with E-state index in [2.05, 4.69) is 45.9 Å². The van der Waals surface area contributed by atoms with E-state index >= 15 is 0 Å². The fourth-order valence-corrected chi connectivity index (χ4v) is 4.00. The van der Waals surface area contributed by atoms with Gasteiger partial charge < -0.3 is 9.84 Å². The topological polar surface area (TPSA) is 41.8 Å². The van der Waals surface area contributed by atoms with Crippen molar-refractivity contribution in [3.8, 4) is 22.6 Å². The zero-order valence-corrected chi connectivity index (χ0v) is 19.7. The quantitative estimate of drug-likeness (QED) is 0.418. The number of rotatable bonds is 6. The SMILES string of the molecule is COc1ccccc1-c1cc(C)cc(C(C)=Nc2c(C(C)C)cccc2C(C)C)c1O. The van der Waals surface area contributed by atoms with Gasteiger partial charge in [-0.1, -0.05) is 64.1 Å². The first-order chi connectivity index (χ1) is 14.7. The maximum atomic E-state index is 11.3. The molecule has 1 N–H and O–H groups in total. The molecule has 0 aliphatic heterocycles. The number of hydrogen-bond donors (Lipinski definition) is 1. The molecule has 0 fully saturated rings. The van der Waals surface area contributed by atoms with Crippen molar-refractivity contribution in [2.75, 3.05) is 7.11 Å². The number of aliphatic imine (C=N–C) groups is 1. The number of methoxy groups -OCH3 is 1. The van der Waals surface area contributed by atoms with Crippen molar-refractivity contribution >= 4 is 11.4 Å². The van der Waals surface area contributed by atoms with Gasteiger partial charge in [0.2, 0.25) is 0 Å². The summed E-state index contributed by atoms with van der Waals surface area (Å²) < 4.78 is 5.53. The normalized spacial score (nSPS) is 12.0. The predicted molar refractivity (Wildman–Crippen MR) is 131 cm³/mol. The lowest BCUT2D eigenvalue weighted by molar-refractivity contribution is 0.415. The first-order valence-corrected chi connectivity index (χ1v) is 10.9. The summed E-state index contributed by atoms with van der Waals surface area (Å²) in [5.41, 5.74) is 7.69. The third-order valence-electron chi connectivity index (χ3n) is 5.66. The van der Waals surface area contributed by atoms with Crippen LogP contribution in [0.5, 0.6) is 11.5 Å². The summed E-state index contributed by atoms with van der Waals surface area (Å²) in [6.45, 7) is 12.8. The molecule has 0 aromatic heterocycles. The summed E-state index contributed by atoms with van der Waals surface area (Å²) in [5, 5.41) is 11.3. The number of ether oxygens (including phenoxy) is 1. The van der Waals surface area contributed by atoms with E-state index in [0.29, 0.717) is 11.8 Å². The lowest BCUT2D eigenvalue weighted by atomic mass is 9.92. The number of aromatic hydroxyl groups is 1. The molecule has 3 heteroatoms. The second kappa shape index (κ2) is 9.38. The highest BCUT2D eigenvalue weighted by atomic mass is 16.5. The van der Waals surface area contributed by atoms with Crippen LogP contribution >= 0.6 is 0 Å². The maximum Gasteiger partial charge on any atom is 0.132 e. The molecular weight excluding hydrogens is 382 g/mol. The lowest BCUT2D eigenvalue weighted by Crippen LogP contribution is -2.01. The van der Waals surface area contributed by atoms with Crippen molar-refractivity contribution in [1.82, 2.24) is 0 Å². The third kappa shape index (κ3) is 4.66. The van der Waals surface area contributed by atoms with Crippen molar-refractivity contribution in [2.24, 2.45) is 4.99 Å². The Morgan fingerprint density at radius 3 is 2.06 bits per heavy atom. The van der Waals surface area contributed by atoms with E-state index in [1.165, 1.54) is 11.1 Å². The molecule has 0 saturated heterocycles. The summed E-state index contributed by atoms with van der Waals surface area (Å²) in [7, 11) is 1.65. The number of hydrogen-bond acceptors (Lipinski definition) is 3. The van der Waals surface area contributed by atoms with E-state index in [-0.39, 0.29) is 5.75 Å². The number of benzene rings is 3. The molecule has 3 nitrogen and oxygen atoms in total. The van der Waals surface area contributed by atoms with Gasteiger partial charge in [-0.2, -0.15) is 0 Å². The molecule has 0 unspecified atom stereocenters. The van der Waals surface area contributed by atoms with E-state index in [1.807, 2.05) is 50.2 Å². The summed E-state index contributed by atoms with van der Waals surface area (Å²) >= 11 is 0. The zero-order chi connectivity index (χ0) is 22.7. The largest absolute Gasteiger partial charge is 0.507 e. The standard InChI is InChI=1S/C28H33NO2/c1-17(2)21-12-10-13-22(18(3)4)27(21)29-20(6)24-15-19(5)16-25(28(24)30)23-11-8-9-14-26(23)31-7/h8-18,30H,1-7H3. The van der Waals surface area contributed by atoms with Gasteiger partial charge in [-0.3, -0.25) is 4.99 Å². The van der Waals surface area contributed by atoms with E-state index in [1.54, 1.807) is 7.11 Å².